The predicted molar refractivity (Wildman–Crippen MR) is 136 cm³/mol. The van der Waals surface area contributed by atoms with Gasteiger partial charge in [0.25, 0.3) is 0 Å². The van der Waals surface area contributed by atoms with Gasteiger partial charge in [0.15, 0.2) is 5.69 Å². The molecule has 4 rings (SSSR count). The maximum absolute atomic E-state index is 13.5. The van der Waals surface area contributed by atoms with Crippen LogP contribution in [0.25, 0.3) is 11.3 Å². The number of hydrogen-bond acceptors (Lipinski definition) is 8. The number of thioether (sulfide) groups is 1. The van der Waals surface area contributed by atoms with E-state index in [2.05, 4.69) is 24.0 Å². The lowest BCUT2D eigenvalue weighted by molar-refractivity contribution is -0.120. The van der Waals surface area contributed by atoms with Crippen LogP contribution in [0.3, 0.4) is 0 Å². The van der Waals surface area contributed by atoms with Crippen molar-refractivity contribution in [3.8, 4) is 28.6 Å². The molecule has 2 heterocycles. The minimum Gasteiger partial charge on any atom is -0.497 e. The van der Waals surface area contributed by atoms with Crippen LogP contribution in [-0.2, 0) is 4.79 Å². The second-order valence-electron chi connectivity index (χ2n) is 8.56. The molecule has 1 unspecified atom stereocenters. The summed E-state index contributed by atoms with van der Waals surface area (Å²) in [5.41, 5.74) is 2.60. The highest BCUT2D eigenvalue weighted by molar-refractivity contribution is 7.99. The molecule has 1 aliphatic heterocycles. The molecule has 0 saturated carbocycles. The molecule has 9 heteroatoms. The zero-order valence-corrected chi connectivity index (χ0v) is 21.5. The summed E-state index contributed by atoms with van der Waals surface area (Å²) in [5.74, 6) is 2.77. The second kappa shape index (κ2) is 10.9. The highest BCUT2D eigenvalue weighted by Gasteiger charge is 2.37. The van der Waals surface area contributed by atoms with Crippen LogP contribution in [0.2, 0.25) is 0 Å². The van der Waals surface area contributed by atoms with Gasteiger partial charge in [-0.3, -0.25) is 9.69 Å². The van der Waals surface area contributed by atoms with Gasteiger partial charge < -0.3 is 14.2 Å². The highest BCUT2D eigenvalue weighted by Crippen LogP contribution is 2.45. The molecule has 0 fully saturated rings. The number of carbonyl (C=O) groups excluding carboxylic acids is 1. The van der Waals surface area contributed by atoms with Gasteiger partial charge in [0, 0.05) is 23.8 Å². The Bertz CT molecular complexity index is 1200. The Balaban J connectivity index is 1.91. The summed E-state index contributed by atoms with van der Waals surface area (Å²) in [4.78, 5) is 19.9. The molecular weight excluding hydrogens is 464 g/mol. The second-order valence-corrected chi connectivity index (χ2v) is 9.55. The zero-order chi connectivity index (χ0) is 24.9. The molecule has 2 aromatic carbocycles. The van der Waals surface area contributed by atoms with Crippen LogP contribution in [0, 0.1) is 5.92 Å². The van der Waals surface area contributed by atoms with E-state index in [9.17, 15) is 4.79 Å². The predicted octanol–water partition coefficient (Wildman–Crippen LogP) is 5.53. The summed E-state index contributed by atoms with van der Waals surface area (Å²) in [5, 5.41) is 9.36. The molecule has 0 bridgehead atoms. The van der Waals surface area contributed by atoms with Gasteiger partial charge >= 0.3 is 0 Å². The van der Waals surface area contributed by atoms with Gasteiger partial charge in [-0.15, -0.1) is 10.2 Å². The highest BCUT2D eigenvalue weighted by atomic mass is 32.2. The normalized spacial score (nSPS) is 14.6. The van der Waals surface area contributed by atoms with Crippen molar-refractivity contribution in [2.75, 3.05) is 24.9 Å². The molecule has 184 valence electrons. The van der Waals surface area contributed by atoms with Gasteiger partial charge in [-0.05, 0) is 30.5 Å². The zero-order valence-electron chi connectivity index (χ0n) is 20.6. The lowest BCUT2D eigenvalue weighted by Gasteiger charge is -2.31. The van der Waals surface area contributed by atoms with Crippen molar-refractivity contribution in [1.82, 2.24) is 15.2 Å². The molecule has 35 heavy (non-hydrogen) atoms. The number of nitrogens with zero attached hydrogens (tertiary/aromatic N) is 4. The Morgan fingerprint density at radius 2 is 1.94 bits per heavy atom. The van der Waals surface area contributed by atoms with E-state index in [1.54, 1.807) is 25.2 Å². The summed E-state index contributed by atoms with van der Waals surface area (Å²) in [6.45, 7) is 6.26. The molecule has 0 aliphatic carbocycles. The molecule has 3 aromatic rings. The molecular formula is C26H30N4O4S. The maximum Gasteiger partial charge on any atom is 0.247 e. The first kappa shape index (κ1) is 24.8. The molecule has 1 amide bonds. The maximum atomic E-state index is 13.5. The van der Waals surface area contributed by atoms with Crippen molar-refractivity contribution in [2.45, 2.75) is 45.0 Å². The molecule has 0 saturated heterocycles. The van der Waals surface area contributed by atoms with Crippen LogP contribution in [0.4, 0.5) is 5.69 Å². The molecule has 0 N–H and O–H groups in total. The number of benzene rings is 2. The summed E-state index contributed by atoms with van der Waals surface area (Å²) in [7, 11) is 3.18. The number of methoxy groups -OCH3 is 2. The lowest BCUT2D eigenvalue weighted by Crippen LogP contribution is -2.37. The van der Waals surface area contributed by atoms with E-state index in [1.165, 1.54) is 11.8 Å². The van der Waals surface area contributed by atoms with Crippen molar-refractivity contribution in [2.24, 2.45) is 5.92 Å². The van der Waals surface area contributed by atoms with E-state index < -0.39 is 6.23 Å². The topological polar surface area (TPSA) is 86.7 Å². The molecule has 0 spiro atoms. The van der Waals surface area contributed by atoms with E-state index in [0.717, 1.165) is 11.3 Å². The van der Waals surface area contributed by atoms with E-state index in [1.807, 2.05) is 43.3 Å². The number of para-hydroxylation sites is 1. The first-order chi connectivity index (χ1) is 17.0. The Morgan fingerprint density at radius 1 is 1.14 bits per heavy atom. The number of hydrogen-bond donors (Lipinski definition) is 0. The fraction of sp³-hybridized carbons (Fsp3) is 0.385. The minimum absolute atomic E-state index is 0.0713. The van der Waals surface area contributed by atoms with Crippen molar-refractivity contribution in [3.63, 3.8) is 0 Å². The number of carbonyl (C=O) groups is 1. The average Bonchev–Trinajstić information content (AvgIpc) is 3.01. The standard InChI is InChI=1S/C26H30N4O4S/c1-6-9-22(31)30-20-11-8-7-10-18(20)23-24(27-26(29-28-23)35-15-16(2)3)34-25(30)19-13-12-17(32-4)14-21(19)33-5/h7-8,10-14,16,25H,6,9,15H2,1-5H3. The fourth-order valence-corrected chi connectivity index (χ4v) is 4.57. The Labute approximate surface area is 210 Å². The number of fused-ring (bicyclic) bond motifs is 3. The van der Waals surface area contributed by atoms with Crippen LogP contribution < -0.4 is 19.1 Å². The van der Waals surface area contributed by atoms with Gasteiger partial charge in [0.1, 0.15) is 11.5 Å². The lowest BCUT2D eigenvalue weighted by atomic mass is 10.1. The van der Waals surface area contributed by atoms with Crippen LogP contribution >= 0.6 is 11.8 Å². The van der Waals surface area contributed by atoms with Gasteiger partial charge in [-0.1, -0.05) is 50.7 Å². The molecule has 1 aromatic heterocycles. The molecule has 1 atom stereocenters. The molecule has 8 nitrogen and oxygen atoms in total. The summed E-state index contributed by atoms with van der Waals surface area (Å²) < 4.78 is 17.6. The van der Waals surface area contributed by atoms with Crippen molar-refractivity contribution >= 4 is 23.4 Å². The first-order valence-electron chi connectivity index (χ1n) is 11.6. The smallest absolute Gasteiger partial charge is 0.247 e. The number of amides is 1. The number of anilines is 1. The third-order valence-electron chi connectivity index (χ3n) is 5.50. The van der Waals surface area contributed by atoms with Gasteiger partial charge in [0.2, 0.25) is 23.2 Å². The number of ether oxygens (including phenoxy) is 3. The third-order valence-corrected chi connectivity index (χ3v) is 6.76. The SMILES string of the molecule is CCCC(=O)N1c2ccccc2-c2nnc(SCC(C)C)nc2OC1c1ccc(OC)cc1OC. The van der Waals surface area contributed by atoms with E-state index >= 15 is 0 Å². The Morgan fingerprint density at radius 3 is 2.66 bits per heavy atom. The minimum atomic E-state index is -0.822. The third kappa shape index (κ3) is 5.19. The number of aromatic nitrogens is 3. The average molecular weight is 495 g/mol. The molecule has 0 radical (unpaired) electrons. The Hall–Kier alpha value is -3.33. The van der Waals surface area contributed by atoms with Gasteiger partial charge in [-0.25, -0.2) is 0 Å². The van der Waals surface area contributed by atoms with Crippen molar-refractivity contribution in [1.29, 1.82) is 0 Å². The first-order valence-corrected chi connectivity index (χ1v) is 12.6. The summed E-state index contributed by atoms with van der Waals surface area (Å²) in [6, 6.07) is 13.1. The molecule has 1 aliphatic rings. The van der Waals surface area contributed by atoms with Crippen LogP contribution in [-0.4, -0.2) is 41.1 Å². The van der Waals surface area contributed by atoms with Crippen LogP contribution in [0.1, 0.15) is 45.4 Å². The fourth-order valence-electron chi connectivity index (χ4n) is 3.84. The quantitative estimate of drug-likeness (QED) is 0.378. The summed E-state index contributed by atoms with van der Waals surface area (Å²) >= 11 is 1.53. The van der Waals surface area contributed by atoms with E-state index in [-0.39, 0.29) is 5.91 Å². The monoisotopic (exact) mass is 494 g/mol. The Kier molecular flexibility index (Phi) is 7.75. The van der Waals surface area contributed by atoms with Crippen LogP contribution in [0.5, 0.6) is 17.4 Å². The largest absolute Gasteiger partial charge is 0.497 e. The van der Waals surface area contributed by atoms with Gasteiger partial charge in [0.05, 0.1) is 25.5 Å². The van der Waals surface area contributed by atoms with Crippen LogP contribution in [0.15, 0.2) is 47.6 Å². The van der Waals surface area contributed by atoms with E-state index in [0.29, 0.717) is 58.2 Å². The summed E-state index contributed by atoms with van der Waals surface area (Å²) in [6.07, 6.45) is 0.236. The number of rotatable bonds is 8. The van der Waals surface area contributed by atoms with Gasteiger partial charge in [-0.2, -0.15) is 4.98 Å². The van der Waals surface area contributed by atoms with Crippen molar-refractivity contribution < 1.29 is 19.0 Å². The van der Waals surface area contributed by atoms with E-state index in [4.69, 9.17) is 19.2 Å². The van der Waals surface area contributed by atoms with Crippen molar-refractivity contribution in [3.05, 3.63) is 48.0 Å².